The molecule has 2 aromatic carbocycles. The Kier molecular flexibility index (Phi) is 8.55. The molecule has 0 spiro atoms. The fourth-order valence-corrected chi connectivity index (χ4v) is 2.60. The summed E-state index contributed by atoms with van der Waals surface area (Å²) >= 11 is 0. The quantitative estimate of drug-likeness (QED) is 0.362. The average molecular weight is 505 g/mol. The molecule has 2 aromatic rings. The van der Waals surface area contributed by atoms with E-state index in [1.165, 1.54) is 6.07 Å². The van der Waals surface area contributed by atoms with Crippen molar-refractivity contribution in [1.29, 1.82) is 0 Å². The van der Waals surface area contributed by atoms with Gasteiger partial charge in [0.15, 0.2) is 17.5 Å². The van der Waals surface area contributed by atoms with Crippen LogP contribution in [0.5, 0.6) is 17.2 Å². The van der Waals surface area contributed by atoms with Gasteiger partial charge >= 0.3 is 6.61 Å². The van der Waals surface area contributed by atoms with Gasteiger partial charge in [-0.1, -0.05) is 18.2 Å². The van der Waals surface area contributed by atoms with E-state index in [9.17, 15) is 8.78 Å². The predicted octanol–water partition coefficient (Wildman–Crippen LogP) is 4.25. The first kappa shape index (κ1) is 22.0. The lowest BCUT2D eigenvalue weighted by Gasteiger charge is -2.15. The number of fused-ring (bicyclic) bond motifs is 1. The zero-order valence-electron chi connectivity index (χ0n) is 15.3. The van der Waals surface area contributed by atoms with Crippen molar-refractivity contribution in [2.24, 2.45) is 4.99 Å². The topological polar surface area (TPSA) is 64.1 Å². The van der Waals surface area contributed by atoms with E-state index in [0.717, 1.165) is 12.1 Å². The van der Waals surface area contributed by atoms with Gasteiger partial charge < -0.3 is 24.8 Å². The molecule has 152 valence electrons. The first-order valence-corrected chi connectivity index (χ1v) is 8.56. The van der Waals surface area contributed by atoms with Gasteiger partial charge in [0, 0.05) is 37.3 Å². The Morgan fingerprint density at radius 1 is 1.14 bits per heavy atom. The molecular weight excluding hydrogens is 483 g/mol. The van der Waals surface area contributed by atoms with Gasteiger partial charge in [-0.2, -0.15) is 8.78 Å². The number of aliphatic imine (C=N–C) groups is 1. The smallest absolute Gasteiger partial charge is 0.387 e. The van der Waals surface area contributed by atoms with Crippen LogP contribution in [0.25, 0.3) is 0 Å². The van der Waals surface area contributed by atoms with Gasteiger partial charge in [-0.05, 0) is 18.2 Å². The summed E-state index contributed by atoms with van der Waals surface area (Å²) in [5.74, 6) is 1.99. The van der Waals surface area contributed by atoms with E-state index < -0.39 is 6.61 Å². The summed E-state index contributed by atoms with van der Waals surface area (Å²) in [6.07, 6.45) is 0.834. The Morgan fingerprint density at radius 3 is 2.64 bits per heavy atom. The Morgan fingerprint density at radius 2 is 1.89 bits per heavy atom. The van der Waals surface area contributed by atoms with Crippen molar-refractivity contribution >= 4 is 35.6 Å². The zero-order valence-corrected chi connectivity index (χ0v) is 17.6. The molecule has 2 N–H and O–H groups in total. The summed E-state index contributed by atoms with van der Waals surface area (Å²) in [6.45, 7) is -1.37. The van der Waals surface area contributed by atoms with Crippen LogP contribution >= 0.6 is 24.0 Å². The van der Waals surface area contributed by atoms with E-state index in [-0.39, 0.29) is 36.3 Å². The maximum Gasteiger partial charge on any atom is 0.387 e. The Labute approximate surface area is 179 Å². The van der Waals surface area contributed by atoms with Crippen LogP contribution in [-0.4, -0.2) is 32.8 Å². The second kappa shape index (κ2) is 10.9. The molecule has 28 heavy (non-hydrogen) atoms. The van der Waals surface area contributed by atoms with Gasteiger partial charge in [0.25, 0.3) is 0 Å². The van der Waals surface area contributed by atoms with Gasteiger partial charge in [-0.15, -0.1) is 24.0 Å². The van der Waals surface area contributed by atoms with Gasteiger partial charge in [0.05, 0.1) is 13.2 Å². The minimum Gasteiger partial charge on any atom is -0.490 e. The standard InChI is InChI=1S/C19H21F2N3O3.HI/c1-22-19(23-12-13-5-2-3-6-15(13)27-18(20)21)24-14-7-8-16-17(11-14)26-10-4-9-25-16;/h2-3,5-8,11,18H,4,9-10,12H2,1H3,(H2,22,23,24);1H. The molecule has 0 aromatic heterocycles. The number of hydrogen-bond donors (Lipinski definition) is 2. The Hall–Kier alpha value is -2.30. The number of halogens is 3. The molecule has 6 nitrogen and oxygen atoms in total. The number of nitrogens with zero attached hydrogens (tertiary/aromatic N) is 1. The van der Waals surface area contributed by atoms with Crippen LogP contribution in [-0.2, 0) is 6.54 Å². The van der Waals surface area contributed by atoms with Crippen molar-refractivity contribution in [3.8, 4) is 17.2 Å². The van der Waals surface area contributed by atoms with E-state index in [4.69, 9.17) is 9.47 Å². The summed E-state index contributed by atoms with van der Waals surface area (Å²) in [4.78, 5) is 4.15. The molecule has 0 aliphatic carbocycles. The monoisotopic (exact) mass is 505 g/mol. The summed E-state index contributed by atoms with van der Waals surface area (Å²) in [5, 5.41) is 6.23. The highest BCUT2D eigenvalue weighted by molar-refractivity contribution is 14.0. The minimum atomic E-state index is -2.87. The lowest BCUT2D eigenvalue weighted by Crippen LogP contribution is -2.30. The van der Waals surface area contributed by atoms with Crippen molar-refractivity contribution in [2.75, 3.05) is 25.6 Å². The number of hydrogen-bond acceptors (Lipinski definition) is 4. The third-order valence-electron chi connectivity index (χ3n) is 3.87. The normalized spacial score (nSPS) is 13.4. The minimum absolute atomic E-state index is 0. The molecule has 0 fully saturated rings. The number of nitrogens with one attached hydrogen (secondary N) is 2. The molecule has 0 bridgehead atoms. The lowest BCUT2D eigenvalue weighted by molar-refractivity contribution is -0.0504. The van der Waals surface area contributed by atoms with E-state index in [1.54, 1.807) is 25.2 Å². The third kappa shape index (κ3) is 6.11. The van der Waals surface area contributed by atoms with E-state index in [0.29, 0.717) is 36.2 Å². The molecule has 0 atom stereocenters. The number of ether oxygens (including phenoxy) is 3. The van der Waals surface area contributed by atoms with E-state index in [1.807, 2.05) is 18.2 Å². The van der Waals surface area contributed by atoms with E-state index >= 15 is 0 Å². The molecule has 0 saturated carbocycles. The van der Waals surface area contributed by atoms with Crippen LogP contribution in [0.1, 0.15) is 12.0 Å². The number of guanidine groups is 1. The van der Waals surface area contributed by atoms with Crippen LogP contribution in [0, 0.1) is 0 Å². The van der Waals surface area contributed by atoms with Crippen molar-refractivity contribution < 1.29 is 23.0 Å². The summed E-state index contributed by atoms with van der Waals surface area (Å²) in [7, 11) is 1.62. The predicted molar refractivity (Wildman–Crippen MR) is 114 cm³/mol. The first-order valence-electron chi connectivity index (χ1n) is 8.56. The maximum atomic E-state index is 12.5. The molecule has 3 rings (SSSR count). The number of benzene rings is 2. The molecule has 1 aliphatic heterocycles. The van der Waals surface area contributed by atoms with Crippen LogP contribution in [0.15, 0.2) is 47.5 Å². The highest BCUT2D eigenvalue weighted by Gasteiger charge is 2.12. The Balaban J connectivity index is 0.00000280. The van der Waals surface area contributed by atoms with Crippen LogP contribution in [0.2, 0.25) is 0 Å². The van der Waals surface area contributed by atoms with Crippen molar-refractivity contribution in [3.05, 3.63) is 48.0 Å². The van der Waals surface area contributed by atoms with Crippen LogP contribution < -0.4 is 24.8 Å². The van der Waals surface area contributed by atoms with Crippen LogP contribution in [0.3, 0.4) is 0 Å². The second-order valence-corrected chi connectivity index (χ2v) is 5.75. The fraction of sp³-hybridized carbons (Fsp3) is 0.316. The Bertz CT molecular complexity index is 806. The molecule has 0 unspecified atom stereocenters. The molecule has 0 saturated heterocycles. The van der Waals surface area contributed by atoms with Crippen molar-refractivity contribution in [1.82, 2.24) is 5.32 Å². The number of anilines is 1. The summed E-state index contributed by atoms with van der Waals surface area (Å²) in [5.41, 5.74) is 1.36. The molecule has 0 radical (unpaired) electrons. The summed E-state index contributed by atoms with van der Waals surface area (Å²) < 4.78 is 40.9. The molecule has 1 aliphatic rings. The van der Waals surface area contributed by atoms with Crippen molar-refractivity contribution in [3.63, 3.8) is 0 Å². The number of para-hydroxylation sites is 1. The van der Waals surface area contributed by atoms with Gasteiger partial charge in [0.2, 0.25) is 0 Å². The highest BCUT2D eigenvalue weighted by Crippen LogP contribution is 2.32. The van der Waals surface area contributed by atoms with Gasteiger partial charge in [0.1, 0.15) is 5.75 Å². The first-order chi connectivity index (χ1) is 13.2. The van der Waals surface area contributed by atoms with E-state index in [2.05, 4.69) is 20.4 Å². The SMILES string of the molecule is CN=C(NCc1ccccc1OC(F)F)Nc1ccc2c(c1)OCCCO2.I. The molecule has 9 heteroatoms. The largest absolute Gasteiger partial charge is 0.490 e. The third-order valence-corrected chi connectivity index (χ3v) is 3.87. The maximum absolute atomic E-state index is 12.5. The summed E-state index contributed by atoms with van der Waals surface area (Å²) in [6, 6.07) is 12.1. The average Bonchev–Trinajstić information content (AvgIpc) is 2.90. The molecule has 0 amide bonds. The zero-order chi connectivity index (χ0) is 19.1. The lowest BCUT2D eigenvalue weighted by atomic mass is 10.2. The highest BCUT2D eigenvalue weighted by atomic mass is 127. The van der Waals surface area contributed by atoms with Crippen LogP contribution in [0.4, 0.5) is 14.5 Å². The van der Waals surface area contributed by atoms with Gasteiger partial charge in [-0.25, -0.2) is 0 Å². The fourth-order valence-electron chi connectivity index (χ4n) is 2.60. The number of alkyl halides is 2. The molecule has 1 heterocycles. The van der Waals surface area contributed by atoms with Gasteiger partial charge in [-0.3, -0.25) is 4.99 Å². The van der Waals surface area contributed by atoms with Crippen molar-refractivity contribution in [2.45, 2.75) is 19.6 Å². The second-order valence-electron chi connectivity index (χ2n) is 5.75. The molecular formula is C19H22F2IN3O3. The number of rotatable bonds is 5.